The monoisotopic (exact) mass is 668 g/mol. The maximum Gasteiger partial charge on any atom is 0.159 e. The second kappa shape index (κ2) is 11.4. The van der Waals surface area contributed by atoms with Gasteiger partial charge >= 0.3 is 0 Å². The average Bonchev–Trinajstić information content (AvgIpc) is 3.89. The van der Waals surface area contributed by atoms with Gasteiger partial charge in [0.1, 0.15) is 16.7 Å². The SMILES string of the molecule is C1=CC2c3ccccc3N(c3ccccc3)C2C=C1N(c1ccc(-c2cccc3c2oc2ccccc23)cc1)c1cccc2c1oc1ccccc12. The molecule has 0 saturated carbocycles. The third-order valence-corrected chi connectivity index (χ3v) is 10.8. The Balaban J connectivity index is 1.08. The molecule has 4 nitrogen and oxygen atoms in total. The van der Waals surface area contributed by atoms with Gasteiger partial charge in [0.2, 0.25) is 0 Å². The number of nitrogens with zero attached hydrogens (tertiary/aromatic N) is 2. The van der Waals surface area contributed by atoms with Gasteiger partial charge in [-0.3, -0.25) is 0 Å². The van der Waals surface area contributed by atoms with Crippen molar-refractivity contribution >= 4 is 66.6 Å². The Bertz CT molecular complexity index is 2880. The molecule has 4 heteroatoms. The van der Waals surface area contributed by atoms with Crippen LogP contribution in [-0.4, -0.2) is 6.04 Å². The number of para-hydroxylation sites is 6. The lowest BCUT2D eigenvalue weighted by Crippen LogP contribution is -2.31. The summed E-state index contributed by atoms with van der Waals surface area (Å²) >= 11 is 0. The molecular formula is C48H32N2O2. The standard InChI is InChI=1S/C48H32N2O2/c1-2-12-32(13-3-1)50-42-20-7-4-14-36(42)37-29-28-34(30-44(37)50)49(43-21-11-19-41-39-16-6-9-23-46(39)52-48(41)43)33-26-24-31(25-27-33)35-17-10-18-40-38-15-5-8-22-45(38)51-47(35)40/h1-30,37,44H. The highest BCUT2D eigenvalue weighted by molar-refractivity contribution is 6.11. The second-order valence-electron chi connectivity index (χ2n) is 13.6. The zero-order valence-corrected chi connectivity index (χ0v) is 28.2. The molecule has 1 aliphatic carbocycles. The summed E-state index contributed by atoms with van der Waals surface area (Å²) in [7, 11) is 0. The van der Waals surface area contributed by atoms with Gasteiger partial charge < -0.3 is 18.6 Å². The molecule has 0 saturated heterocycles. The summed E-state index contributed by atoms with van der Waals surface area (Å²) in [4.78, 5) is 4.84. The van der Waals surface area contributed by atoms with Gasteiger partial charge in [-0.1, -0.05) is 121 Å². The number of furan rings is 2. The molecule has 2 atom stereocenters. The molecule has 0 bridgehead atoms. The van der Waals surface area contributed by atoms with Crippen LogP contribution in [0.4, 0.5) is 22.7 Å². The van der Waals surface area contributed by atoms with Crippen LogP contribution in [-0.2, 0) is 0 Å². The largest absolute Gasteiger partial charge is 0.455 e. The first-order valence-electron chi connectivity index (χ1n) is 17.8. The molecule has 2 aliphatic rings. The van der Waals surface area contributed by atoms with Crippen molar-refractivity contribution in [3.8, 4) is 11.1 Å². The first-order chi connectivity index (χ1) is 25.8. The molecule has 52 heavy (non-hydrogen) atoms. The van der Waals surface area contributed by atoms with Gasteiger partial charge in [0.05, 0.1) is 11.7 Å². The molecule has 0 fully saturated rings. The summed E-state index contributed by atoms with van der Waals surface area (Å²) in [5.74, 6) is 0.232. The Hall–Kier alpha value is -6.78. The second-order valence-corrected chi connectivity index (χ2v) is 13.6. The van der Waals surface area contributed by atoms with Gasteiger partial charge in [-0.05, 0) is 71.8 Å². The summed E-state index contributed by atoms with van der Waals surface area (Å²) < 4.78 is 13.1. The zero-order chi connectivity index (χ0) is 34.2. The van der Waals surface area contributed by atoms with E-state index in [0.717, 1.165) is 72.1 Å². The van der Waals surface area contributed by atoms with Crippen LogP contribution in [0.2, 0.25) is 0 Å². The van der Waals surface area contributed by atoms with Gasteiger partial charge in [0, 0.05) is 55.8 Å². The zero-order valence-electron chi connectivity index (χ0n) is 28.2. The Morgan fingerprint density at radius 3 is 1.94 bits per heavy atom. The summed E-state index contributed by atoms with van der Waals surface area (Å²) in [6.07, 6.45) is 7.10. The number of allylic oxidation sites excluding steroid dienone is 1. The van der Waals surface area contributed by atoms with Crippen LogP contribution < -0.4 is 9.80 Å². The minimum absolute atomic E-state index is 0.0992. The van der Waals surface area contributed by atoms with Crippen molar-refractivity contribution in [2.75, 3.05) is 9.80 Å². The molecule has 0 spiro atoms. The van der Waals surface area contributed by atoms with Crippen molar-refractivity contribution in [1.29, 1.82) is 0 Å². The van der Waals surface area contributed by atoms with E-state index in [4.69, 9.17) is 8.83 Å². The van der Waals surface area contributed by atoms with E-state index in [-0.39, 0.29) is 12.0 Å². The molecule has 11 rings (SSSR count). The lowest BCUT2D eigenvalue weighted by Gasteiger charge is -2.34. The summed E-state index contributed by atoms with van der Waals surface area (Å²) in [5, 5.41) is 4.48. The number of benzene rings is 7. The highest BCUT2D eigenvalue weighted by Gasteiger charge is 2.39. The lowest BCUT2D eigenvalue weighted by atomic mass is 9.90. The smallest absolute Gasteiger partial charge is 0.159 e. The topological polar surface area (TPSA) is 32.8 Å². The highest BCUT2D eigenvalue weighted by Crippen LogP contribution is 2.50. The molecule has 1 aliphatic heterocycles. The van der Waals surface area contributed by atoms with Crippen LogP contribution in [0, 0.1) is 0 Å². The minimum Gasteiger partial charge on any atom is -0.455 e. The Morgan fingerprint density at radius 1 is 0.519 bits per heavy atom. The van der Waals surface area contributed by atoms with Crippen molar-refractivity contribution in [2.45, 2.75) is 12.0 Å². The Labute approximate surface area is 300 Å². The molecule has 7 aromatic carbocycles. The van der Waals surface area contributed by atoms with Crippen LogP contribution >= 0.6 is 0 Å². The van der Waals surface area contributed by atoms with Crippen LogP contribution in [0.25, 0.3) is 55.0 Å². The van der Waals surface area contributed by atoms with Crippen LogP contribution in [0.5, 0.6) is 0 Å². The number of hydrogen-bond donors (Lipinski definition) is 0. The van der Waals surface area contributed by atoms with E-state index in [1.54, 1.807) is 0 Å². The van der Waals surface area contributed by atoms with E-state index in [1.165, 1.54) is 16.9 Å². The third-order valence-electron chi connectivity index (χ3n) is 10.8. The fourth-order valence-corrected chi connectivity index (χ4v) is 8.47. The fraction of sp³-hybridized carbons (Fsp3) is 0.0417. The average molecular weight is 669 g/mol. The summed E-state index contributed by atoms with van der Waals surface area (Å²) in [6.45, 7) is 0. The number of fused-ring (bicyclic) bond motifs is 9. The minimum atomic E-state index is 0.0992. The first kappa shape index (κ1) is 29.0. The van der Waals surface area contributed by atoms with Crippen molar-refractivity contribution in [2.24, 2.45) is 0 Å². The van der Waals surface area contributed by atoms with Gasteiger partial charge in [0.25, 0.3) is 0 Å². The quantitative estimate of drug-likeness (QED) is 0.183. The van der Waals surface area contributed by atoms with E-state index in [0.29, 0.717) is 0 Å². The first-order valence-corrected chi connectivity index (χ1v) is 17.8. The third kappa shape index (κ3) is 4.34. The number of anilines is 4. The van der Waals surface area contributed by atoms with Gasteiger partial charge in [0.15, 0.2) is 5.58 Å². The fourth-order valence-electron chi connectivity index (χ4n) is 8.47. The van der Waals surface area contributed by atoms with E-state index in [9.17, 15) is 0 Å². The van der Waals surface area contributed by atoms with Crippen LogP contribution in [0.15, 0.2) is 197 Å². The number of rotatable bonds is 5. The van der Waals surface area contributed by atoms with Crippen LogP contribution in [0.1, 0.15) is 11.5 Å². The van der Waals surface area contributed by atoms with Gasteiger partial charge in [-0.25, -0.2) is 0 Å². The molecule has 246 valence electrons. The predicted octanol–water partition coefficient (Wildman–Crippen LogP) is 13.0. The molecule has 0 amide bonds. The molecule has 0 N–H and O–H groups in total. The number of hydrogen-bond acceptors (Lipinski definition) is 4. The van der Waals surface area contributed by atoms with Crippen LogP contribution in [0.3, 0.4) is 0 Å². The predicted molar refractivity (Wildman–Crippen MR) is 214 cm³/mol. The van der Waals surface area contributed by atoms with Gasteiger partial charge in [-0.15, -0.1) is 0 Å². The Morgan fingerprint density at radius 2 is 1.15 bits per heavy atom. The van der Waals surface area contributed by atoms with Crippen molar-refractivity contribution in [1.82, 2.24) is 0 Å². The molecule has 2 unspecified atom stereocenters. The lowest BCUT2D eigenvalue weighted by molar-refractivity contribution is 0.668. The van der Waals surface area contributed by atoms with E-state index >= 15 is 0 Å². The Kier molecular flexibility index (Phi) is 6.34. The summed E-state index contributed by atoms with van der Waals surface area (Å²) in [6, 6.07) is 57.9. The summed E-state index contributed by atoms with van der Waals surface area (Å²) in [5.41, 5.74) is 12.7. The molecule has 0 radical (unpaired) electrons. The van der Waals surface area contributed by atoms with Crippen molar-refractivity contribution < 1.29 is 8.83 Å². The maximum atomic E-state index is 6.66. The van der Waals surface area contributed by atoms with Crippen molar-refractivity contribution in [3.05, 3.63) is 193 Å². The van der Waals surface area contributed by atoms with Crippen molar-refractivity contribution in [3.63, 3.8) is 0 Å². The van der Waals surface area contributed by atoms with E-state index in [2.05, 4.69) is 174 Å². The highest BCUT2D eigenvalue weighted by atomic mass is 16.3. The molecule has 3 heterocycles. The molecular weight excluding hydrogens is 637 g/mol. The van der Waals surface area contributed by atoms with E-state index < -0.39 is 0 Å². The molecule has 2 aromatic heterocycles. The maximum absolute atomic E-state index is 6.66. The molecule has 9 aromatic rings. The van der Waals surface area contributed by atoms with Gasteiger partial charge in [-0.2, -0.15) is 0 Å². The normalized spacial score (nSPS) is 16.5. The van der Waals surface area contributed by atoms with E-state index in [1.807, 2.05) is 18.2 Å².